The molecule has 3 rings (SSSR count). The highest BCUT2D eigenvalue weighted by molar-refractivity contribution is 7.15. The van der Waals surface area contributed by atoms with Crippen LogP contribution < -0.4 is 5.32 Å². The lowest BCUT2D eigenvalue weighted by atomic mass is 9.93. The van der Waals surface area contributed by atoms with Crippen molar-refractivity contribution >= 4 is 34.0 Å². The first kappa shape index (κ1) is 20.9. The van der Waals surface area contributed by atoms with Crippen molar-refractivity contribution < 1.29 is 14.5 Å². The monoisotopic (exact) mass is 416 g/mol. The van der Waals surface area contributed by atoms with Gasteiger partial charge in [0.1, 0.15) is 6.54 Å². The highest BCUT2D eigenvalue weighted by atomic mass is 32.1. The van der Waals surface area contributed by atoms with Gasteiger partial charge in [0.2, 0.25) is 5.91 Å². The number of nitro groups is 1. The van der Waals surface area contributed by atoms with Crippen molar-refractivity contribution in [3.8, 4) is 0 Å². The predicted molar refractivity (Wildman–Crippen MR) is 111 cm³/mol. The zero-order valence-electron chi connectivity index (χ0n) is 16.5. The van der Waals surface area contributed by atoms with Crippen LogP contribution in [0.15, 0.2) is 24.3 Å². The van der Waals surface area contributed by atoms with Gasteiger partial charge in [0, 0.05) is 28.6 Å². The Morgan fingerprint density at radius 1 is 1.21 bits per heavy atom. The van der Waals surface area contributed by atoms with Crippen LogP contribution in [0, 0.1) is 24.0 Å². The predicted octanol–water partition coefficient (Wildman–Crippen LogP) is 4.08. The van der Waals surface area contributed by atoms with Crippen LogP contribution in [0.2, 0.25) is 0 Å². The van der Waals surface area contributed by atoms with Gasteiger partial charge in [-0.25, -0.2) is 4.98 Å². The summed E-state index contributed by atoms with van der Waals surface area (Å²) in [5, 5.41) is 14.2. The number of anilines is 1. The second-order valence-corrected chi connectivity index (χ2v) is 8.44. The van der Waals surface area contributed by atoms with E-state index in [0.29, 0.717) is 10.7 Å². The number of nitrogens with one attached hydrogen (secondary N) is 1. The van der Waals surface area contributed by atoms with E-state index >= 15 is 0 Å². The van der Waals surface area contributed by atoms with Crippen molar-refractivity contribution in [3.05, 3.63) is 50.5 Å². The number of hydrogen-bond donors (Lipinski definition) is 1. The Labute approximate surface area is 173 Å². The number of nitrogens with zero attached hydrogens (tertiary/aromatic N) is 3. The summed E-state index contributed by atoms with van der Waals surface area (Å²) in [6.45, 7) is 3.75. The number of aryl methyl sites for hydroxylation is 2. The summed E-state index contributed by atoms with van der Waals surface area (Å²) in [7, 11) is 0. The minimum atomic E-state index is -0.501. The summed E-state index contributed by atoms with van der Waals surface area (Å²) >= 11 is 1.40. The first-order valence-electron chi connectivity index (χ1n) is 9.64. The van der Waals surface area contributed by atoms with E-state index in [1.807, 2.05) is 13.8 Å². The molecule has 0 radical (unpaired) electrons. The number of nitro benzene ring substituents is 1. The Morgan fingerprint density at radius 2 is 1.86 bits per heavy atom. The third-order valence-electron chi connectivity index (χ3n) is 5.19. The summed E-state index contributed by atoms with van der Waals surface area (Å²) in [5.74, 6) is -0.576. The fourth-order valence-corrected chi connectivity index (χ4v) is 4.32. The molecule has 0 bridgehead atoms. The van der Waals surface area contributed by atoms with E-state index in [2.05, 4.69) is 10.3 Å². The molecule has 1 N–H and O–H groups in total. The highest BCUT2D eigenvalue weighted by Gasteiger charge is 2.28. The van der Waals surface area contributed by atoms with Gasteiger partial charge in [-0.3, -0.25) is 19.7 Å². The van der Waals surface area contributed by atoms with Gasteiger partial charge in [0.25, 0.3) is 11.6 Å². The fraction of sp³-hybridized carbons (Fsp3) is 0.450. The molecule has 1 aliphatic carbocycles. The molecule has 0 aliphatic heterocycles. The first-order valence-corrected chi connectivity index (χ1v) is 10.5. The van der Waals surface area contributed by atoms with Crippen LogP contribution in [0.4, 0.5) is 10.8 Å². The van der Waals surface area contributed by atoms with Gasteiger partial charge in [0.05, 0.1) is 10.6 Å². The number of thiazole rings is 1. The van der Waals surface area contributed by atoms with E-state index < -0.39 is 4.92 Å². The van der Waals surface area contributed by atoms with Crippen LogP contribution in [0.5, 0.6) is 0 Å². The van der Waals surface area contributed by atoms with Crippen LogP contribution in [-0.2, 0) is 4.79 Å². The van der Waals surface area contributed by atoms with Crippen LogP contribution in [0.3, 0.4) is 0 Å². The first-order chi connectivity index (χ1) is 13.8. The second-order valence-electron chi connectivity index (χ2n) is 7.24. The highest BCUT2D eigenvalue weighted by Crippen LogP contribution is 2.25. The number of hydrogen-bond acceptors (Lipinski definition) is 6. The van der Waals surface area contributed by atoms with Crippen LogP contribution in [-0.4, -0.2) is 39.2 Å². The van der Waals surface area contributed by atoms with Gasteiger partial charge in [0.15, 0.2) is 5.13 Å². The molecule has 154 valence electrons. The Morgan fingerprint density at radius 3 is 2.41 bits per heavy atom. The maximum Gasteiger partial charge on any atom is 0.269 e. The van der Waals surface area contributed by atoms with Crippen molar-refractivity contribution in [2.45, 2.75) is 52.0 Å². The molecule has 0 unspecified atom stereocenters. The molecule has 0 saturated heterocycles. The molecule has 1 heterocycles. The molecule has 1 aliphatic rings. The van der Waals surface area contributed by atoms with Crippen molar-refractivity contribution in [1.82, 2.24) is 9.88 Å². The lowest BCUT2D eigenvalue weighted by Gasteiger charge is -2.34. The third kappa shape index (κ3) is 5.17. The fourth-order valence-electron chi connectivity index (χ4n) is 3.49. The van der Waals surface area contributed by atoms with Crippen LogP contribution in [0.1, 0.15) is 53.0 Å². The van der Waals surface area contributed by atoms with E-state index in [9.17, 15) is 19.7 Å². The van der Waals surface area contributed by atoms with Crippen LogP contribution in [0.25, 0.3) is 0 Å². The normalized spacial score (nSPS) is 14.4. The summed E-state index contributed by atoms with van der Waals surface area (Å²) in [6.07, 6.45) is 4.85. The van der Waals surface area contributed by atoms with Gasteiger partial charge >= 0.3 is 0 Å². The summed E-state index contributed by atoms with van der Waals surface area (Å²) < 4.78 is 0. The maximum absolute atomic E-state index is 13.1. The number of non-ortho nitro benzene ring substituents is 1. The number of rotatable bonds is 6. The van der Waals surface area contributed by atoms with Gasteiger partial charge in [-0.2, -0.15) is 0 Å². The number of carbonyl (C=O) groups excluding carboxylic acids is 2. The quantitative estimate of drug-likeness (QED) is 0.564. The lowest BCUT2D eigenvalue weighted by Crippen LogP contribution is -2.45. The standard InChI is InChI=1S/C20H24N4O4S/c1-13-14(2)29-20(21-13)22-18(25)12-23(16-6-4-3-5-7-16)19(26)15-8-10-17(11-9-15)24(27)28/h8-11,16H,3-7,12H2,1-2H3,(H,21,22,25). The molecule has 29 heavy (non-hydrogen) atoms. The summed E-state index contributed by atoms with van der Waals surface area (Å²) in [5.41, 5.74) is 1.14. The molecule has 2 aromatic rings. The molecular formula is C20H24N4O4S. The van der Waals surface area contributed by atoms with Gasteiger partial charge in [-0.1, -0.05) is 19.3 Å². The van der Waals surface area contributed by atoms with E-state index in [4.69, 9.17) is 0 Å². The average molecular weight is 417 g/mol. The molecule has 1 aromatic carbocycles. The van der Waals surface area contributed by atoms with Crippen molar-refractivity contribution in [1.29, 1.82) is 0 Å². The van der Waals surface area contributed by atoms with E-state index in [1.54, 1.807) is 4.90 Å². The van der Waals surface area contributed by atoms with Crippen molar-refractivity contribution in [2.24, 2.45) is 0 Å². The minimum absolute atomic E-state index is 0.0167. The van der Waals surface area contributed by atoms with Crippen molar-refractivity contribution in [2.75, 3.05) is 11.9 Å². The smallest absolute Gasteiger partial charge is 0.269 e. The Bertz CT molecular complexity index is 884. The zero-order chi connectivity index (χ0) is 21.0. The van der Waals surface area contributed by atoms with Gasteiger partial charge in [-0.05, 0) is 38.8 Å². The lowest BCUT2D eigenvalue weighted by molar-refractivity contribution is -0.384. The van der Waals surface area contributed by atoms with Crippen LogP contribution >= 0.6 is 11.3 Å². The Balaban J connectivity index is 1.77. The summed E-state index contributed by atoms with van der Waals surface area (Å²) in [6, 6.07) is 5.50. The molecule has 0 spiro atoms. The minimum Gasteiger partial charge on any atom is -0.326 e. The van der Waals surface area contributed by atoms with E-state index in [0.717, 1.165) is 42.7 Å². The molecule has 1 saturated carbocycles. The SMILES string of the molecule is Cc1nc(NC(=O)CN(C(=O)c2ccc([N+](=O)[O-])cc2)C2CCCCC2)sc1C. The number of amides is 2. The molecule has 1 aromatic heterocycles. The average Bonchev–Trinajstić information content (AvgIpc) is 3.03. The van der Waals surface area contributed by atoms with Crippen molar-refractivity contribution in [3.63, 3.8) is 0 Å². The van der Waals surface area contributed by atoms with Gasteiger partial charge < -0.3 is 10.2 Å². The second kappa shape index (κ2) is 9.13. The maximum atomic E-state index is 13.1. The molecular weight excluding hydrogens is 392 g/mol. The molecule has 8 nitrogen and oxygen atoms in total. The van der Waals surface area contributed by atoms with Gasteiger partial charge in [-0.15, -0.1) is 11.3 Å². The molecule has 1 fully saturated rings. The zero-order valence-corrected chi connectivity index (χ0v) is 17.3. The Kier molecular flexibility index (Phi) is 6.58. The number of benzene rings is 1. The number of aromatic nitrogens is 1. The Hall–Kier alpha value is -2.81. The van der Waals surface area contributed by atoms with E-state index in [-0.39, 0.29) is 30.1 Å². The molecule has 9 heteroatoms. The van der Waals surface area contributed by atoms with E-state index in [1.165, 1.54) is 35.6 Å². The molecule has 0 atom stereocenters. The summed E-state index contributed by atoms with van der Waals surface area (Å²) in [4.78, 5) is 43.1. The number of carbonyl (C=O) groups is 2. The molecule has 2 amide bonds. The third-order valence-corrected chi connectivity index (χ3v) is 6.18. The largest absolute Gasteiger partial charge is 0.326 e. The topological polar surface area (TPSA) is 105 Å².